The maximum atomic E-state index is 10.3. The van der Waals surface area contributed by atoms with Gasteiger partial charge < -0.3 is 10.5 Å². The van der Waals surface area contributed by atoms with Crippen molar-refractivity contribution in [3.8, 4) is 0 Å². The van der Waals surface area contributed by atoms with E-state index in [1.54, 1.807) is 0 Å². The number of carbonyl (C=O) groups is 1. The molecule has 0 aliphatic carbocycles. The van der Waals surface area contributed by atoms with Crippen molar-refractivity contribution in [1.29, 1.82) is 0 Å². The number of ether oxygens (including phenoxy) is 1. The van der Waals surface area contributed by atoms with Crippen molar-refractivity contribution < 1.29 is 9.53 Å². The summed E-state index contributed by atoms with van der Waals surface area (Å²) in [6.07, 6.45) is 0.578. The minimum Gasteiger partial charge on any atom is -0.383 e. The third kappa shape index (κ3) is 0.947. The third-order valence-corrected chi connectivity index (χ3v) is 1.73. The van der Waals surface area contributed by atoms with Crippen LogP contribution in [0, 0.1) is 0 Å². The van der Waals surface area contributed by atoms with Crippen LogP contribution in [-0.2, 0) is 18.0 Å². The molecule has 5 nitrogen and oxygen atoms in total. The fourth-order valence-corrected chi connectivity index (χ4v) is 1.15. The van der Waals surface area contributed by atoms with E-state index in [2.05, 4.69) is 9.97 Å². The number of fused-ring (bicyclic) bond motifs is 1. The Morgan fingerprint density at radius 1 is 1.42 bits per heavy atom. The normalized spacial score (nSPS) is 14.3. The highest BCUT2D eigenvalue weighted by atomic mass is 16.5. The Hall–Kier alpha value is -1.49. The molecule has 1 aliphatic rings. The smallest absolute Gasteiger partial charge is 0.194 e. The number of nitrogens with two attached hydrogens (primary N) is 1. The summed E-state index contributed by atoms with van der Waals surface area (Å²) in [6.45, 7) is 0.864. The predicted molar refractivity (Wildman–Crippen MR) is 40.3 cm³/mol. The van der Waals surface area contributed by atoms with Gasteiger partial charge in [0, 0.05) is 5.56 Å². The van der Waals surface area contributed by atoms with Crippen molar-refractivity contribution in [2.24, 2.45) is 0 Å². The van der Waals surface area contributed by atoms with Gasteiger partial charge in [-0.25, -0.2) is 9.97 Å². The zero-order chi connectivity index (χ0) is 8.55. The lowest BCUT2D eigenvalue weighted by molar-refractivity contribution is 0.111. The number of aromatic nitrogens is 2. The highest BCUT2D eigenvalue weighted by molar-refractivity contribution is 5.70. The number of hydrogen-bond donors (Lipinski definition) is 1. The van der Waals surface area contributed by atoms with Gasteiger partial charge in [0.05, 0.1) is 18.9 Å². The van der Waals surface area contributed by atoms with Crippen LogP contribution in [0.1, 0.15) is 21.9 Å². The molecule has 2 rings (SSSR count). The molecule has 0 spiro atoms. The molecule has 0 bridgehead atoms. The summed E-state index contributed by atoms with van der Waals surface area (Å²) in [6, 6.07) is 0. The quantitative estimate of drug-likeness (QED) is 0.588. The van der Waals surface area contributed by atoms with Gasteiger partial charge in [-0.3, -0.25) is 4.79 Å². The highest BCUT2D eigenvalue weighted by Crippen LogP contribution is 2.21. The van der Waals surface area contributed by atoms with Crippen molar-refractivity contribution in [3.05, 3.63) is 17.1 Å². The van der Waals surface area contributed by atoms with Crippen LogP contribution in [0.2, 0.25) is 0 Å². The molecule has 1 aliphatic heterocycles. The van der Waals surface area contributed by atoms with E-state index in [9.17, 15) is 4.79 Å². The molecule has 0 amide bonds. The average molecular weight is 165 g/mol. The second-order valence-electron chi connectivity index (χ2n) is 2.50. The maximum Gasteiger partial charge on any atom is 0.194 e. The van der Waals surface area contributed by atoms with Crippen molar-refractivity contribution in [2.45, 2.75) is 13.2 Å². The van der Waals surface area contributed by atoms with Gasteiger partial charge in [-0.2, -0.15) is 0 Å². The summed E-state index contributed by atoms with van der Waals surface area (Å²) in [5.74, 6) is 0.469. The second kappa shape index (κ2) is 2.53. The van der Waals surface area contributed by atoms with Crippen molar-refractivity contribution in [1.82, 2.24) is 9.97 Å². The van der Waals surface area contributed by atoms with Gasteiger partial charge in [0.1, 0.15) is 5.82 Å². The minimum atomic E-state index is 0.122. The van der Waals surface area contributed by atoms with E-state index in [0.717, 1.165) is 11.3 Å². The number of hydrogen-bond acceptors (Lipinski definition) is 5. The molecule has 62 valence electrons. The fourth-order valence-electron chi connectivity index (χ4n) is 1.15. The Morgan fingerprint density at radius 3 is 3.00 bits per heavy atom. The van der Waals surface area contributed by atoms with Crippen LogP contribution in [0.4, 0.5) is 5.82 Å². The molecule has 1 aromatic rings. The first-order valence-corrected chi connectivity index (χ1v) is 3.49. The Labute approximate surface area is 68.6 Å². The fraction of sp³-hybridized carbons (Fsp3) is 0.286. The molecule has 0 saturated heterocycles. The molecule has 0 saturated carbocycles. The lowest BCUT2D eigenvalue weighted by Crippen LogP contribution is -2.04. The van der Waals surface area contributed by atoms with E-state index in [-0.39, 0.29) is 5.82 Å². The number of aldehydes is 1. The lowest BCUT2D eigenvalue weighted by Gasteiger charge is -1.99. The molecule has 0 atom stereocenters. The van der Waals surface area contributed by atoms with E-state index < -0.39 is 0 Å². The maximum absolute atomic E-state index is 10.3. The second-order valence-corrected chi connectivity index (χ2v) is 2.50. The van der Waals surface area contributed by atoms with Crippen LogP contribution in [0.15, 0.2) is 0 Å². The van der Waals surface area contributed by atoms with Crippen molar-refractivity contribution in [3.63, 3.8) is 0 Å². The monoisotopic (exact) mass is 165 g/mol. The first kappa shape index (κ1) is 7.17. The summed E-state index contributed by atoms with van der Waals surface area (Å²) < 4.78 is 5.10. The molecule has 0 unspecified atom stereocenters. The van der Waals surface area contributed by atoms with E-state index in [4.69, 9.17) is 10.5 Å². The zero-order valence-electron chi connectivity index (χ0n) is 6.28. The number of nitrogens with zero attached hydrogens (tertiary/aromatic N) is 2. The molecular weight excluding hydrogens is 158 g/mol. The van der Waals surface area contributed by atoms with Crippen LogP contribution in [-0.4, -0.2) is 16.3 Å². The zero-order valence-corrected chi connectivity index (χ0v) is 6.28. The van der Waals surface area contributed by atoms with Crippen LogP contribution in [0.3, 0.4) is 0 Å². The molecule has 2 heterocycles. The highest BCUT2D eigenvalue weighted by Gasteiger charge is 2.17. The molecule has 0 fully saturated rings. The topological polar surface area (TPSA) is 78.1 Å². The molecular formula is C7H7N3O2. The molecule has 0 aromatic carbocycles. The molecule has 2 N–H and O–H groups in total. The summed E-state index contributed by atoms with van der Waals surface area (Å²) >= 11 is 0. The van der Waals surface area contributed by atoms with Crippen LogP contribution >= 0.6 is 0 Å². The van der Waals surface area contributed by atoms with E-state index >= 15 is 0 Å². The van der Waals surface area contributed by atoms with Crippen molar-refractivity contribution >= 4 is 12.1 Å². The van der Waals surface area contributed by atoms with Gasteiger partial charge in [-0.15, -0.1) is 0 Å². The number of anilines is 1. The van der Waals surface area contributed by atoms with Gasteiger partial charge in [-0.1, -0.05) is 0 Å². The predicted octanol–water partition coefficient (Wildman–Crippen LogP) is -0.0985. The SMILES string of the molecule is Nc1nc(C=O)nc2c1COC2. The Kier molecular flexibility index (Phi) is 1.51. The summed E-state index contributed by atoms with van der Waals surface area (Å²) in [5.41, 5.74) is 7.09. The standard InChI is InChI=1S/C7H7N3O2/c8-7-4-2-12-3-5(4)9-6(1-11)10-7/h1H,2-3H2,(H2,8,9,10). The van der Waals surface area contributed by atoms with Crippen molar-refractivity contribution in [2.75, 3.05) is 5.73 Å². The van der Waals surface area contributed by atoms with Crippen LogP contribution in [0.25, 0.3) is 0 Å². The largest absolute Gasteiger partial charge is 0.383 e. The lowest BCUT2D eigenvalue weighted by atomic mass is 10.2. The third-order valence-electron chi connectivity index (χ3n) is 1.73. The Balaban J connectivity index is 2.58. The Morgan fingerprint density at radius 2 is 2.25 bits per heavy atom. The van der Waals surface area contributed by atoms with Gasteiger partial charge >= 0.3 is 0 Å². The first-order valence-electron chi connectivity index (χ1n) is 3.49. The molecule has 12 heavy (non-hydrogen) atoms. The van der Waals surface area contributed by atoms with Crippen LogP contribution in [0.5, 0.6) is 0 Å². The van der Waals surface area contributed by atoms with Gasteiger partial charge in [0.25, 0.3) is 0 Å². The molecule has 1 aromatic heterocycles. The summed E-state index contributed by atoms with van der Waals surface area (Å²) in [7, 11) is 0. The van der Waals surface area contributed by atoms with Gasteiger partial charge in [0.15, 0.2) is 12.1 Å². The van der Waals surface area contributed by atoms with Crippen LogP contribution < -0.4 is 5.73 Å². The average Bonchev–Trinajstić information content (AvgIpc) is 2.52. The molecule has 0 radical (unpaired) electrons. The van der Waals surface area contributed by atoms with E-state index in [1.165, 1.54) is 0 Å². The van der Waals surface area contributed by atoms with E-state index in [0.29, 0.717) is 25.3 Å². The summed E-state index contributed by atoms with van der Waals surface area (Å²) in [4.78, 5) is 18.1. The molecule has 5 heteroatoms. The number of nitrogen functional groups attached to an aromatic ring is 1. The van der Waals surface area contributed by atoms with Gasteiger partial charge in [0.2, 0.25) is 0 Å². The number of rotatable bonds is 1. The number of carbonyl (C=O) groups excluding carboxylic acids is 1. The van der Waals surface area contributed by atoms with E-state index in [1.807, 2.05) is 0 Å². The first-order chi connectivity index (χ1) is 5.81. The summed E-state index contributed by atoms with van der Waals surface area (Å²) in [5, 5.41) is 0. The minimum absolute atomic E-state index is 0.122. The van der Waals surface area contributed by atoms with Gasteiger partial charge in [-0.05, 0) is 0 Å². The Bertz CT molecular complexity index is 338.